The predicted octanol–water partition coefficient (Wildman–Crippen LogP) is 1.04. The summed E-state index contributed by atoms with van der Waals surface area (Å²) < 4.78 is 0. The second-order valence-corrected chi connectivity index (χ2v) is 5.25. The van der Waals surface area contributed by atoms with Gasteiger partial charge in [-0.2, -0.15) is 0 Å². The van der Waals surface area contributed by atoms with Gasteiger partial charge in [-0.05, 0) is 40.2 Å². The Morgan fingerprint density at radius 3 is 2.44 bits per heavy atom. The van der Waals surface area contributed by atoms with Gasteiger partial charge < -0.3 is 10.0 Å². The van der Waals surface area contributed by atoms with Gasteiger partial charge in [0.05, 0.1) is 12.0 Å². The van der Waals surface area contributed by atoms with E-state index in [1.54, 1.807) is 11.8 Å². The first-order valence-corrected chi connectivity index (χ1v) is 6.66. The van der Waals surface area contributed by atoms with Gasteiger partial charge in [0.2, 0.25) is 5.91 Å². The number of amides is 1. The van der Waals surface area contributed by atoms with Gasteiger partial charge in [-0.25, -0.2) is 0 Å². The van der Waals surface area contributed by atoms with Crippen molar-refractivity contribution in [1.82, 2.24) is 9.80 Å². The van der Waals surface area contributed by atoms with E-state index in [-0.39, 0.29) is 5.91 Å². The van der Waals surface area contributed by atoms with Crippen LogP contribution in [0, 0.1) is 5.41 Å². The zero-order valence-electron chi connectivity index (χ0n) is 11.6. The Morgan fingerprint density at radius 2 is 1.94 bits per heavy atom. The lowest BCUT2D eigenvalue weighted by Crippen LogP contribution is -2.49. The first-order valence-electron chi connectivity index (χ1n) is 6.66. The molecule has 1 rings (SSSR count). The van der Waals surface area contributed by atoms with E-state index in [0.29, 0.717) is 32.6 Å². The van der Waals surface area contributed by atoms with Crippen molar-refractivity contribution in [3.63, 3.8) is 0 Å². The Hall–Kier alpha value is -1.10. The zero-order valence-corrected chi connectivity index (χ0v) is 11.6. The van der Waals surface area contributed by atoms with Gasteiger partial charge in [-0.1, -0.05) is 0 Å². The molecule has 1 aliphatic rings. The maximum Gasteiger partial charge on any atom is 0.310 e. The molecule has 1 saturated heterocycles. The molecule has 0 aromatic rings. The Morgan fingerprint density at radius 1 is 1.33 bits per heavy atom. The van der Waals surface area contributed by atoms with Crippen LogP contribution in [-0.4, -0.2) is 59.5 Å². The van der Waals surface area contributed by atoms with Crippen molar-refractivity contribution in [2.45, 2.75) is 33.6 Å². The summed E-state index contributed by atoms with van der Waals surface area (Å²) in [5.41, 5.74) is -0.707. The SMILES string of the molecule is CCN(CC)C(=O)CN1CCCC(C)(C(=O)O)C1. The Bertz CT molecular complexity index is 315. The molecule has 0 aromatic carbocycles. The highest BCUT2D eigenvalue weighted by Crippen LogP contribution is 2.29. The van der Waals surface area contributed by atoms with Crippen molar-refractivity contribution in [3.05, 3.63) is 0 Å². The van der Waals surface area contributed by atoms with Crippen LogP contribution >= 0.6 is 0 Å². The van der Waals surface area contributed by atoms with Crippen LogP contribution in [0.15, 0.2) is 0 Å². The quantitative estimate of drug-likeness (QED) is 0.798. The average molecular weight is 256 g/mol. The van der Waals surface area contributed by atoms with E-state index < -0.39 is 11.4 Å². The van der Waals surface area contributed by atoms with Crippen molar-refractivity contribution >= 4 is 11.9 Å². The number of piperidine rings is 1. The summed E-state index contributed by atoms with van der Waals surface area (Å²) in [5, 5.41) is 9.23. The summed E-state index contributed by atoms with van der Waals surface area (Å²) >= 11 is 0. The molecule has 5 heteroatoms. The van der Waals surface area contributed by atoms with Gasteiger partial charge in [0.1, 0.15) is 0 Å². The molecule has 1 fully saturated rings. The summed E-state index contributed by atoms with van der Waals surface area (Å²) in [7, 11) is 0. The summed E-state index contributed by atoms with van der Waals surface area (Å²) in [6, 6.07) is 0. The molecule has 1 amide bonds. The highest BCUT2D eigenvalue weighted by atomic mass is 16.4. The molecule has 0 radical (unpaired) electrons. The molecule has 0 spiro atoms. The fraction of sp³-hybridized carbons (Fsp3) is 0.846. The molecule has 1 aliphatic heterocycles. The fourth-order valence-corrected chi connectivity index (χ4v) is 2.52. The lowest BCUT2D eigenvalue weighted by atomic mass is 9.82. The third kappa shape index (κ3) is 3.45. The van der Waals surface area contributed by atoms with Crippen LogP contribution in [-0.2, 0) is 9.59 Å². The summed E-state index contributed by atoms with van der Waals surface area (Å²) in [4.78, 5) is 27.0. The molecule has 18 heavy (non-hydrogen) atoms. The normalized spacial score (nSPS) is 24.8. The topological polar surface area (TPSA) is 60.9 Å². The van der Waals surface area contributed by atoms with E-state index >= 15 is 0 Å². The van der Waals surface area contributed by atoms with Gasteiger partial charge in [-0.3, -0.25) is 14.5 Å². The van der Waals surface area contributed by atoms with Gasteiger partial charge in [0.15, 0.2) is 0 Å². The minimum absolute atomic E-state index is 0.0923. The van der Waals surface area contributed by atoms with E-state index in [9.17, 15) is 14.7 Å². The molecule has 1 unspecified atom stereocenters. The van der Waals surface area contributed by atoms with Crippen LogP contribution in [0.5, 0.6) is 0 Å². The molecular formula is C13H24N2O3. The highest BCUT2D eigenvalue weighted by molar-refractivity contribution is 5.78. The molecule has 0 bridgehead atoms. The van der Waals surface area contributed by atoms with Crippen LogP contribution in [0.1, 0.15) is 33.6 Å². The Labute approximate surface area is 109 Å². The van der Waals surface area contributed by atoms with E-state index in [1.807, 2.05) is 18.7 Å². The fourth-order valence-electron chi connectivity index (χ4n) is 2.52. The lowest BCUT2D eigenvalue weighted by molar-refractivity contribution is -0.152. The lowest BCUT2D eigenvalue weighted by Gasteiger charge is -2.37. The van der Waals surface area contributed by atoms with Crippen molar-refractivity contribution in [2.24, 2.45) is 5.41 Å². The van der Waals surface area contributed by atoms with Crippen LogP contribution in [0.4, 0.5) is 0 Å². The number of carboxylic acids is 1. The standard InChI is InChI=1S/C13H24N2O3/c1-4-15(5-2)11(16)9-14-8-6-7-13(3,10-14)12(17)18/h4-10H2,1-3H3,(H,17,18). The Kier molecular flexibility index (Phi) is 5.14. The third-order valence-electron chi connectivity index (χ3n) is 3.77. The monoisotopic (exact) mass is 256 g/mol. The van der Waals surface area contributed by atoms with Crippen LogP contribution in [0.25, 0.3) is 0 Å². The number of aliphatic carboxylic acids is 1. The summed E-state index contributed by atoms with van der Waals surface area (Å²) in [6.07, 6.45) is 1.53. The maximum atomic E-state index is 12.0. The van der Waals surface area contributed by atoms with Crippen molar-refractivity contribution in [2.75, 3.05) is 32.7 Å². The first-order chi connectivity index (χ1) is 8.42. The Balaban J connectivity index is 2.58. The minimum Gasteiger partial charge on any atom is -0.481 e. The average Bonchev–Trinajstić information content (AvgIpc) is 2.30. The number of carbonyl (C=O) groups excluding carboxylic acids is 1. The smallest absolute Gasteiger partial charge is 0.310 e. The predicted molar refractivity (Wildman–Crippen MR) is 69.3 cm³/mol. The van der Waals surface area contributed by atoms with Gasteiger partial charge >= 0.3 is 5.97 Å². The second-order valence-electron chi connectivity index (χ2n) is 5.25. The second kappa shape index (κ2) is 6.18. The molecule has 1 N–H and O–H groups in total. The van der Waals surface area contributed by atoms with Crippen molar-refractivity contribution < 1.29 is 14.7 Å². The molecule has 104 valence electrons. The number of likely N-dealkylation sites (N-methyl/N-ethyl adjacent to an activating group) is 1. The molecule has 0 saturated carbocycles. The van der Waals surface area contributed by atoms with Gasteiger partial charge in [0, 0.05) is 19.6 Å². The molecule has 0 aromatic heterocycles. The maximum absolute atomic E-state index is 12.0. The van der Waals surface area contributed by atoms with Crippen molar-refractivity contribution in [1.29, 1.82) is 0 Å². The minimum atomic E-state index is -0.762. The van der Waals surface area contributed by atoms with E-state index in [4.69, 9.17) is 0 Å². The number of likely N-dealkylation sites (tertiary alicyclic amines) is 1. The first kappa shape index (κ1) is 15.0. The number of hydrogen-bond donors (Lipinski definition) is 1. The number of rotatable bonds is 5. The van der Waals surface area contributed by atoms with Crippen LogP contribution in [0.2, 0.25) is 0 Å². The number of carbonyl (C=O) groups is 2. The molecular weight excluding hydrogens is 232 g/mol. The largest absolute Gasteiger partial charge is 0.481 e. The van der Waals surface area contributed by atoms with Gasteiger partial charge in [-0.15, -0.1) is 0 Å². The van der Waals surface area contributed by atoms with Gasteiger partial charge in [0.25, 0.3) is 0 Å². The third-order valence-corrected chi connectivity index (χ3v) is 3.77. The molecule has 1 atom stereocenters. The highest BCUT2D eigenvalue weighted by Gasteiger charge is 2.38. The summed E-state index contributed by atoms with van der Waals surface area (Å²) in [5.74, 6) is -0.669. The van der Waals surface area contributed by atoms with Crippen LogP contribution in [0.3, 0.4) is 0 Å². The zero-order chi connectivity index (χ0) is 13.8. The van der Waals surface area contributed by atoms with Crippen molar-refractivity contribution in [3.8, 4) is 0 Å². The van der Waals surface area contributed by atoms with E-state index in [0.717, 1.165) is 13.0 Å². The van der Waals surface area contributed by atoms with Crippen LogP contribution < -0.4 is 0 Å². The molecule has 5 nitrogen and oxygen atoms in total. The molecule has 0 aliphatic carbocycles. The van der Waals surface area contributed by atoms with E-state index in [1.165, 1.54) is 0 Å². The number of nitrogens with zero attached hydrogens (tertiary/aromatic N) is 2. The summed E-state index contributed by atoms with van der Waals surface area (Å²) in [6.45, 7) is 8.72. The van der Waals surface area contributed by atoms with E-state index in [2.05, 4.69) is 0 Å². The molecule has 1 heterocycles. The number of hydrogen-bond acceptors (Lipinski definition) is 3. The number of carboxylic acid groups (broad SMARTS) is 1.